The largest absolute Gasteiger partial charge is 0.468 e. The first-order valence-corrected chi connectivity index (χ1v) is 7.03. The molecule has 2 heterocycles. The Labute approximate surface area is 124 Å². The monoisotopic (exact) mass is 297 g/mol. The van der Waals surface area contributed by atoms with E-state index in [1.165, 1.54) is 7.11 Å². The number of esters is 1. The van der Waals surface area contributed by atoms with Crippen LogP contribution in [0.15, 0.2) is 4.52 Å². The van der Waals surface area contributed by atoms with Gasteiger partial charge >= 0.3 is 5.97 Å². The lowest BCUT2D eigenvalue weighted by molar-refractivity contribution is -0.146. The van der Waals surface area contributed by atoms with Crippen molar-refractivity contribution in [3.8, 4) is 0 Å². The maximum Gasteiger partial charge on any atom is 0.323 e. The first kappa shape index (κ1) is 15.9. The van der Waals surface area contributed by atoms with Crippen LogP contribution in [0.3, 0.4) is 0 Å². The van der Waals surface area contributed by atoms with Gasteiger partial charge in [-0.15, -0.1) is 0 Å². The molecule has 0 amide bonds. The molecule has 21 heavy (non-hydrogen) atoms. The Morgan fingerprint density at radius 1 is 1.43 bits per heavy atom. The third-order valence-electron chi connectivity index (χ3n) is 3.63. The smallest absolute Gasteiger partial charge is 0.323 e. The number of nitrogens with zero attached hydrogens (tertiary/aromatic N) is 3. The zero-order valence-electron chi connectivity index (χ0n) is 13.3. The van der Waals surface area contributed by atoms with Gasteiger partial charge in [0.05, 0.1) is 19.8 Å². The molecule has 1 aliphatic rings. The quantitative estimate of drug-likeness (QED) is 0.771. The van der Waals surface area contributed by atoms with Gasteiger partial charge in [-0.25, -0.2) is 0 Å². The van der Waals surface area contributed by atoms with Gasteiger partial charge in [0, 0.05) is 25.5 Å². The van der Waals surface area contributed by atoms with E-state index in [-0.39, 0.29) is 23.5 Å². The SMILES string of the molecule is COC(=O)C1CC(OC)CN1Cc1noc(C(C)(C)C)n1. The summed E-state index contributed by atoms with van der Waals surface area (Å²) >= 11 is 0. The standard InChI is InChI=1S/C14H23N3O4/c1-14(2,3)13-15-11(16-21-13)8-17-7-9(19-4)6-10(17)12(18)20-5/h9-10H,6-8H2,1-5H3. The number of methoxy groups -OCH3 is 2. The maximum absolute atomic E-state index is 11.9. The third-order valence-corrected chi connectivity index (χ3v) is 3.63. The van der Waals surface area contributed by atoms with Gasteiger partial charge in [0.1, 0.15) is 6.04 Å². The minimum atomic E-state index is -0.323. The molecule has 0 aromatic carbocycles. The first-order chi connectivity index (χ1) is 9.85. The Bertz CT molecular complexity index is 495. The molecule has 0 radical (unpaired) electrons. The number of likely N-dealkylation sites (tertiary alicyclic amines) is 1. The summed E-state index contributed by atoms with van der Waals surface area (Å²) in [6.07, 6.45) is 0.635. The summed E-state index contributed by atoms with van der Waals surface area (Å²) in [6, 6.07) is -0.323. The number of carbonyl (C=O) groups is 1. The highest BCUT2D eigenvalue weighted by Gasteiger charge is 2.38. The molecule has 2 atom stereocenters. The van der Waals surface area contributed by atoms with Gasteiger partial charge in [0.2, 0.25) is 5.89 Å². The molecule has 1 aromatic rings. The zero-order chi connectivity index (χ0) is 15.6. The number of carbonyl (C=O) groups excluding carboxylic acids is 1. The molecular weight excluding hydrogens is 274 g/mol. The van der Waals surface area contributed by atoms with Crippen LogP contribution < -0.4 is 0 Å². The lowest BCUT2D eigenvalue weighted by atomic mass is 9.97. The van der Waals surface area contributed by atoms with E-state index in [1.807, 2.05) is 25.7 Å². The number of rotatable bonds is 4. The van der Waals surface area contributed by atoms with Crippen molar-refractivity contribution >= 4 is 5.97 Å². The average molecular weight is 297 g/mol. The van der Waals surface area contributed by atoms with Crippen LogP contribution in [0.1, 0.15) is 38.9 Å². The van der Waals surface area contributed by atoms with E-state index in [1.54, 1.807) is 7.11 Å². The van der Waals surface area contributed by atoms with Crippen molar-refractivity contribution in [3.63, 3.8) is 0 Å². The summed E-state index contributed by atoms with van der Waals surface area (Å²) in [7, 11) is 3.04. The minimum Gasteiger partial charge on any atom is -0.468 e. The molecule has 0 spiro atoms. The molecule has 2 rings (SSSR count). The maximum atomic E-state index is 11.9. The molecule has 0 saturated carbocycles. The predicted molar refractivity (Wildman–Crippen MR) is 74.6 cm³/mol. The fourth-order valence-electron chi connectivity index (χ4n) is 2.39. The van der Waals surface area contributed by atoms with Gasteiger partial charge in [0.25, 0.3) is 0 Å². The second-order valence-electron chi connectivity index (χ2n) is 6.33. The Balaban J connectivity index is 2.09. The summed E-state index contributed by atoms with van der Waals surface area (Å²) in [5.74, 6) is 0.911. The average Bonchev–Trinajstić information content (AvgIpc) is 3.04. The molecule has 7 nitrogen and oxygen atoms in total. The molecule has 0 bridgehead atoms. The lowest BCUT2D eigenvalue weighted by Crippen LogP contribution is -2.36. The van der Waals surface area contributed by atoms with E-state index in [4.69, 9.17) is 14.0 Å². The first-order valence-electron chi connectivity index (χ1n) is 7.03. The molecule has 2 unspecified atom stereocenters. The summed E-state index contributed by atoms with van der Waals surface area (Å²) in [5, 5.41) is 4.00. The molecule has 1 aliphatic heterocycles. The van der Waals surface area contributed by atoms with Crippen LogP contribution in [0.25, 0.3) is 0 Å². The van der Waals surface area contributed by atoms with Gasteiger partial charge in [-0.05, 0) is 0 Å². The number of ether oxygens (including phenoxy) is 2. The van der Waals surface area contributed by atoms with Crippen molar-refractivity contribution in [3.05, 3.63) is 11.7 Å². The zero-order valence-corrected chi connectivity index (χ0v) is 13.3. The van der Waals surface area contributed by atoms with Crippen LogP contribution >= 0.6 is 0 Å². The van der Waals surface area contributed by atoms with Crippen molar-refractivity contribution in [2.24, 2.45) is 0 Å². The fourth-order valence-corrected chi connectivity index (χ4v) is 2.39. The van der Waals surface area contributed by atoms with E-state index in [0.29, 0.717) is 31.2 Å². The molecule has 0 N–H and O–H groups in total. The fraction of sp³-hybridized carbons (Fsp3) is 0.786. The van der Waals surface area contributed by atoms with E-state index < -0.39 is 0 Å². The number of hydrogen-bond donors (Lipinski definition) is 0. The highest BCUT2D eigenvalue weighted by atomic mass is 16.5. The van der Waals surface area contributed by atoms with Crippen LogP contribution in [-0.4, -0.2) is 53.9 Å². The molecule has 118 valence electrons. The highest BCUT2D eigenvalue weighted by Crippen LogP contribution is 2.24. The van der Waals surface area contributed by atoms with Gasteiger partial charge in [-0.1, -0.05) is 25.9 Å². The van der Waals surface area contributed by atoms with Crippen LogP contribution in [0.4, 0.5) is 0 Å². The third kappa shape index (κ3) is 3.59. The topological polar surface area (TPSA) is 77.7 Å². The van der Waals surface area contributed by atoms with E-state index in [2.05, 4.69) is 10.1 Å². The normalized spacial score (nSPS) is 23.5. The Morgan fingerprint density at radius 3 is 2.67 bits per heavy atom. The van der Waals surface area contributed by atoms with Gasteiger partial charge in [0.15, 0.2) is 5.82 Å². The molecule has 7 heteroatoms. The van der Waals surface area contributed by atoms with Crippen LogP contribution in [0.5, 0.6) is 0 Å². The van der Waals surface area contributed by atoms with Crippen molar-refractivity contribution in [1.29, 1.82) is 0 Å². The van der Waals surface area contributed by atoms with Crippen molar-refractivity contribution in [2.75, 3.05) is 20.8 Å². The highest BCUT2D eigenvalue weighted by molar-refractivity contribution is 5.76. The molecular formula is C14H23N3O4. The van der Waals surface area contributed by atoms with Gasteiger partial charge < -0.3 is 14.0 Å². The van der Waals surface area contributed by atoms with Crippen molar-refractivity contribution in [1.82, 2.24) is 15.0 Å². The lowest BCUT2D eigenvalue weighted by Gasteiger charge is -2.20. The number of aromatic nitrogens is 2. The Kier molecular flexibility index (Phi) is 4.63. The molecule has 1 saturated heterocycles. The van der Waals surface area contributed by atoms with E-state index >= 15 is 0 Å². The van der Waals surface area contributed by atoms with E-state index in [9.17, 15) is 4.79 Å². The summed E-state index contributed by atoms with van der Waals surface area (Å²) in [6.45, 7) is 7.13. The van der Waals surface area contributed by atoms with Gasteiger partial charge in [-0.2, -0.15) is 4.98 Å². The van der Waals surface area contributed by atoms with Crippen molar-refractivity contribution in [2.45, 2.75) is 51.3 Å². The molecule has 1 aromatic heterocycles. The Hall–Kier alpha value is -1.47. The molecule has 0 aliphatic carbocycles. The second-order valence-corrected chi connectivity index (χ2v) is 6.33. The van der Waals surface area contributed by atoms with Crippen LogP contribution in [0, 0.1) is 0 Å². The van der Waals surface area contributed by atoms with Crippen molar-refractivity contribution < 1.29 is 18.8 Å². The summed E-state index contributed by atoms with van der Waals surface area (Å²) in [4.78, 5) is 18.2. The van der Waals surface area contributed by atoms with Crippen LogP contribution in [-0.2, 0) is 26.2 Å². The second kappa shape index (κ2) is 6.11. The predicted octanol–water partition coefficient (Wildman–Crippen LogP) is 1.13. The van der Waals surface area contributed by atoms with Gasteiger partial charge in [-0.3, -0.25) is 9.69 Å². The summed E-state index contributed by atoms with van der Waals surface area (Å²) in [5.41, 5.74) is -0.187. The van der Waals surface area contributed by atoms with E-state index in [0.717, 1.165) is 0 Å². The molecule has 1 fully saturated rings. The Morgan fingerprint density at radius 2 is 2.14 bits per heavy atom. The number of hydrogen-bond acceptors (Lipinski definition) is 7. The minimum absolute atomic E-state index is 0.0167. The summed E-state index contributed by atoms with van der Waals surface area (Å²) < 4.78 is 15.5. The van der Waals surface area contributed by atoms with Crippen LogP contribution in [0.2, 0.25) is 0 Å².